The number of rotatable bonds is 13. The van der Waals surface area contributed by atoms with Crippen molar-refractivity contribution >= 4 is 23.2 Å². The molecule has 1 aliphatic rings. The second-order valence-electron chi connectivity index (χ2n) is 8.79. The molecule has 194 valence electrons. The van der Waals surface area contributed by atoms with Gasteiger partial charge >= 0.3 is 0 Å². The summed E-state index contributed by atoms with van der Waals surface area (Å²) in [6.45, 7) is 2.85. The number of carbonyl (C=O) groups excluding carboxylic acids is 2. The molecule has 3 rings (SSSR count). The molecule has 2 aromatic carbocycles. The number of carbonyl (C=O) groups is 2. The van der Waals surface area contributed by atoms with Gasteiger partial charge in [-0.25, -0.2) is 0 Å². The SMILES string of the molecule is CCO[C@H]1OC(C(=O)NCCCCC(=O)Nc2ccccc2N)=C[C@@H](c2ccccc2)[C@H]1CCCO. The molecule has 5 N–H and O–H groups in total. The lowest BCUT2D eigenvalue weighted by atomic mass is 9.80. The first-order valence-corrected chi connectivity index (χ1v) is 12.6. The van der Waals surface area contributed by atoms with E-state index in [1.807, 2.05) is 55.5 Å². The van der Waals surface area contributed by atoms with Gasteiger partial charge < -0.3 is 30.9 Å². The van der Waals surface area contributed by atoms with E-state index in [0.717, 1.165) is 5.56 Å². The van der Waals surface area contributed by atoms with Crippen molar-refractivity contribution in [1.82, 2.24) is 5.32 Å². The third-order valence-electron chi connectivity index (χ3n) is 6.17. The van der Waals surface area contributed by atoms with Gasteiger partial charge in [0.15, 0.2) is 5.76 Å². The van der Waals surface area contributed by atoms with Crippen molar-refractivity contribution in [3.63, 3.8) is 0 Å². The Hall–Kier alpha value is -3.36. The lowest BCUT2D eigenvalue weighted by Gasteiger charge is -2.37. The predicted molar refractivity (Wildman–Crippen MR) is 140 cm³/mol. The number of nitrogen functional groups attached to an aromatic ring is 1. The van der Waals surface area contributed by atoms with Gasteiger partial charge in [0.05, 0.1) is 11.4 Å². The zero-order valence-electron chi connectivity index (χ0n) is 20.8. The molecule has 0 spiro atoms. The van der Waals surface area contributed by atoms with Crippen LogP contribution in [0.2, 0.25) is 0 Å². The van der Waals surface area contributed by atoms with Gasteiger partial charge in [0.25, 0.3) is 5.91 Å². The highest BCUT2D eigenvalue weighted by atomic mass is 16.7. The highest BCUT2D eigenvalue weighted by Gasteiger charge is 2.37. The van der Waals surface area contributed by atoms with Crippen LogP contribution in [0.4, 0.5) is 11.4 Å². The number of hydrogen-bond donors (Lipinski definition) is 4. The van der Waals surface area contributed by atoms with E-state index in [4.69, 9.17) is 15.2 Å². The van der Waals surface area contributed by atoms with Crippen molar-refractivity contribution < 1.29 is 24.2 Å². The number of anilines is 2. The van der Waals surface area contributed by atoms with Gasteiger partial charge in [0, 0.05) is 38.0 Å². The molecule has 0 fully saturated rings. The summed E-state index contributed by atoms with van der Waals surface area (Å²) < 4.78 is 11.9. The molecule has 0 aliphatic carbocycles. The molecule has 2 aromatic rings. The number of aliphatic hydroxyl groups excluding tert-OH is 1. The van der Waals surface area contributed by atoms with Crippen LogP contribution in [0.3, 0.4) is 0 Å². The van der Waals surface area contributed by atoms with Crippen molar-refractivity contribution in [3.05, 3.63) is 72.0 Å². The van der Waals surface area contributed by atoms with Crippen molar-refractivity contribution in [1.29, 1.82) is 0 Å². The zero-order chi connectivity index (χ0) is 25.8. The molecule has 0 bridgehead atoms. The normalized spacial score (nSPS) is 19.2. The third-order valence-corrected chi connectivity index (χ3v) is 6.17. The molecular formula is C28H37N3O5. The topological polar surface area (TPSA) is 123 Å². The molecule has 0 radical (unpaired) electrons. The summed E-state index contributed by atoms with van der Waals surface area (Å²) in [4.78, 5) is 25.1. The first kappa shape index (κ1) is 27.2. The number of nitrogens with one attached hydrogen (secondary N) is 2. The number of hydrogen-bond acceptors (Lipinski definition) is 6. The Kier molecular flexibility index (Phi) is 10.8. The van der Waals surface area contributed by atoms with Crippen LogP contribution < -0.4 is 16.4 Å². The molecule has 2 amide bonds. The number of amides is 2. The van der Waals surface area contributed by atoms with E-state index in [-0.39, 0.29) is 36.0 Å². The van der Waals surface area contributed by atoms with Crippen LogP contribution in [-0.2, 0) is 19.1 Å². The minimum atomic E-state index is -0.577. The highest BCUT2D eigenvalue weighted by Crippen LogP contribution is 2.39. The molecule has 8 heteroatoms. The lowest BCUT2D eigenvalue weighted by molar-refractivity contribution is -0.166. The Morgan fingerprint density at radius 1 is 1.06 bits per heavy atom. The average molecular weight is 496 g/mol. The molecule has 0 aromatic heterocycles. The van der Waals surface area contributed by atoms with Gasteiger partial charge in [0.2, 0.25) is 12.2 Å². The van der Waals surface area contributed by atoms with Gasteiger partial charge in [-0.15, -0.1) is 0 Å². The smallest absolute Gasteiger partial charge is 0.286 e. The van der Waals surface area contributed by atoms with Crippen LogP contribution in [0.5, 0.6) is 0 Å². The fourth-order valence-electron chi connectivity index (χ4n) is 4.34. The number of nitrogens with two attached hydrogens (primary N) is 1. The Bertz CT molecular complexity index is 1010. The Morgan fingerprint density at radius 2 is 1.81 bits per heavy atom. The van der Waals surface area contributed by atoms with Crippen molar-refractivity contribution in [2.45, 2.75) is 51.2 Å². The Balaban J connectivity index is 1.55. The van der Waals surface area contributed by atoms with Crippen molar-refractivity contribution in [2.75, 3.05) is 30.8 Å². The molecule has 3 atom stereocenters. The van der Waals surface area contributed by atoms with Gasteiger partial charge in [-0.2, -0.15) is 0 Å². The molecule has 0 unspecified atom stereocenters. The molecule has 8 nitrogen and oxygen atoms in total. The van der Waals surface area contributed by atoms with Crippen LogP contribution in [0.15, 0.2) is 66.4 Å². The summed E-state index contributed by atoms with van der Waals surface area (Å²) in [6, 6.07) is 17.1. The van der Waals surface area contributed by atoms with Gasteiger partial charge in [-0.3, -0.25) is 9.59 Å². The maximum Gasteiger partial charge on any atom is 0.286 e. The molecule has 0 saturated carbocycles. The summed E-state index contributed by atoms with van der Waals surface area (Å²) in [6.07, 6.45) is 4.22. The highest BCUT2D eigenvalue weighted by molar-refractivity contribution is 5.93. The summed E-state index contributed by atoms with van der Waals surface area (Å²) >= 11 is 0. The molecule has 1 heterocycles. The van der Waals surface area contributed by atoms with Crippen LogP contribution in [-0.4, -0.2) is 43.0 Å². The van der Waals surface area contributed by atoms with Gasteiger partial charge in [-0.05, 0) is 56.4 Å². The number of benzene rings is 2. The monoisotopic (exact) mass is 495 g/mol. The fourth-order valence-corrected chi connectivity index (χ4v) is 4.34. The summed E-state index contributed by atoms with van der Waals surface area (Å²) in [5, 5.41) is 15.1. The zero-order valence-corrected chi connectivity index (χ0v) is 20.8. The van der Waals surface area contributed by atoms with E-state index in [2.05, 4.69) is 10.6 Å². The summed E-state index contributed by atoms with van der Waals surface area (Å²) in [5.74, 6) is -0.273. The van der Waals surface area contributed by atoms with E-state index in [0.29, 0.717) is 56.6 Å². The minimum absolute atomic E-state index is 0.0202. The minimum Gasteiger partial charge on any atom is -0.459 e. The van der Waals surface area contributed by atoms with Crippen LogP contribution >= 0.6 is 0 Å². The number of para-hydroxylation sites is 2. The van der Waals surface area contributed by atoms with Crippen molar-refractivity contribution in [3.8, 4) is 0 Å². The predicted octanol–water partition coefficient (Wildman–Crippen LogP) is 3.94. The molecule has 36 heavy (non-hydrogen) atoms. The van der Waals surface area contributed by atoms with Crippen molar-refractivity contribution in [2.24, 2.45) is 5.92 Å². The standard InChI is InChI=1S/C28H37N3O5/c1-2-35-28-21(13-10-18-32)22(20-11-4-3-5-12-20)19-25(36-28)27(34)30-17-9-8-16-26(33)31-24-15-7-6-14-23(24)29/h3-7,11-12,14-15,19,21-22,28,32H,2,8-10,13,16-18,29H2,1H3,(H,30,34)(H,31,33)/t21-,22+,28+/m1/s1. The fraction of sp³-hybridized carbons (Fsp3) is 0.429. The maximum atomic E-state index is 12.9. The Morgan fingerprint density at radius 3 is 2.53 bits per heavy atom. The number of aliphatic hydroxyl groups is 1. The first-order valence-electron chi connectivity index (χ1n) is 12.6. The Labute approximate surface area is 212 Å². The number of ether oxygens (including phenoxy) is 2. The lowest BCUT2D eigenvalue weighted by Crippen LogP contribution is -2.39. The maximum absolute atomic E-state index is 12.9. The van der Waals surface area contributed by atoms with Crippen LogP contribution in [0, 0.1) is 5.92 Å². The van der Waals surface area contributed by atoms with Crippen LogP contribution in [0.25, 0.3) is 0 Å². The molecule has 0 saturated heterocycles. The first-order chi connectivity index (χ1) is 17.5. The van der Waals surface area contributed by atoms with E-state index in [1.54, 1.807) is 12.1 Å². The van der Waals surface area contributed by atoms with Gasteiger partial charge in [0.1, 0.15) is 0 Å². The molecule has 1 aliphatic heterocycles. The summed E-state index contributed by atoms with van der Waals surface area (Å²) in [7, 11) is 0. The van der Waals surface area contributed by atoms with E-state index < -0.39 is 6.29 Å². The average Bonchev–Trinajstić information content (AvgIpc) is 2.89. The largest absolute Gasteiger partial charge is 0.459 e. The summed E-state index contributed by atoms with van der Waals surface area (Å²) in [5.41, 5.74) is 8.06. The van der Waals surface area contributed by atoms with E-state index in [1.165, 1.54) is 0 Å². The van der Waals surface area contributed by atoms with E-state index in [9.17, 15) is 14.7 Å². The van der Waals surface area contributed by atoms with Crippen LogP contribution in [0.1, 0.15) is 50.5 Å². The van der Waals surface area contributed by atoms with Gasteiger partial charge in [-0.1, -0.05) is 42.5 Å². The quantitative estimate of drug-likeness (QED) is 0.247. The second-order valence-corrected chi connectivity index (χ2v) is 8.79. The third kappa shape index (κ3) is 7.83. The number of unbranched alkanes of at least 4 members (excludes halogenated alkanes) is 1. The number of allylic oxidation sites excluding steroid dienone is 1. The van der Waals surface area contributed by atoms with E-state index >= 15 is 0 Å². The second kappa shape index (κ2) is 14.3. The molecular weight excluding hydrogens is 458 g/mol.